The minimum atomic E-state index is 0. The molecule has 27 heavy (non-hydrogen) atoms. The molecule has 0 saturated carbocycles. The third-order valence-corrected chi connectivity index (χ3v) is 5.39. The first-order valence-electron chi connectivity index (χ1n) is 10.2. The number of halogens is 1. The summed E-state index contributed by atoms with van der Waals surface area (Å²) in [6.07, 6.45) is 5.64. The Kier molecular flexibility index (Phi) is 12.0. The second-order valence-corrected chi connectivity index (χ2v) is 7.03. The van der Waals surface area contributed by atoms with Crippen molar-refractivity contribution in [3.63, 3.8) is 0 Å². The van der Waals surface area contributed by atoms with Crippen LogP contribution in [0.15, 0.2) is 27.8 Å². The normalized spacial score (nSPS) is 18.0. The van der Waals surface area contributed by atoms with Crippen LogP contribution < -0.4 is 10.6 Å². The average molecular weight is 491 g/mol. The van der Waals surface area contributed by atoms with Crippen molar-refractivity contribution in [2.24, 2.45) is 4.99 Å². The van der Waals surface area contributed by atoms with Crippen molar-refractivity contribution in [1.29, 1.82) is 0 Å². The van der Waals surface area contributed by atoms with Crippen LogP contribution in [0.1, 0.15) is 51.8 Å². The van der Waals surface area contributed by atoms with Crippen LogP contribution in [0.5, 0.6) is 0 Å². The summed E-state index contributed by atoms with van der Waals surface area (Å²) in [5.41, 5.74) is 0. The van der Waals surface area contributed by atoms with E-state index in [4.69, 9.17) is 4.42 Å². The van der Waals surface area contributed by atoms with Crippen molar-refractivity contribution in [1.82, 2.24) is 20.4 Å². The molecule has 0 bridgehead atoms. The summed E-state index contributed by atoms with van der Waals surface area (Å²) in [6, 6.07) is 4.79. The molecule has 1 saturated heterocycles. The van der Waals surface area contributed by atoms with Gasteiger partial charge in [0.25, 0.3) is 0 Å². The molecule has 6 nitrogen and oxygen atoms in total. The molecule has 2 rings (SSSR count). The Morgan fingerprint density at radius 3 is 2.41 bits per heavy atom. The van der Waals surface area contributed by atoms with Gasteiger partial charge in [0.05, 0.1) is 12.3 Å². The van der Waals surface area contributed by atoms with Gasteiger partial charge in [0.15, 0.2) is 5.96 Å². The minimum absolute atomic E-state index is 0. The fourth-order valence-electron chi connectivity index (χ4n) is 3.75. The Bertz CT molecular complexity index is 512. The third-order valence-electron chi connectivity index (χ3n) is 5.39. The van der Waals surface area contributed by atoms with Crippen molar-refractivity contribution in [2.45, 2.75) is 52.1 Å². The van der Waals surface area contributed by atoms with Gasteiger partial charge >= 0.3 is 0 Å². The zero-order chi connectivity index (χ0) is 18.8. The molecule has 156 valence electrons. The highest BCUT2D eigenvalue weighted by molar-refractivity contribution is 14.0. The molecular formula is C20H38IN5O. The third kappa shape index (κ3) is 7.62. The summed E-state index contributed by atoms with van der Waals surface area (Å²) in [4.78, 5) is 9.37. The smallest absolute Gasteiger partial charge is 0.191 e. The number of piperidine rings is 1. The van der Waals surface area contributed by atoms with E-state index in [9.17, 15) is 0 Å². The predicted octanol–water partition coefficient (Wildman–Crippen LogP) is 3.32. The van der Waals surface area contributed by atoms with E-state index in [2.05, 4.69) is 52.3 Å². The fraction of sp³-hybridized carbons (Fsp3) is 0.750. The number of guanidine groups is 1. The standard InChI is InChI=1S/C20H37N5O.HI/c1-5-24(6-2)17(3)15-22-20(21-4)23-16-18(19-11-10-14-26-19)25-12-8-7-9-13-25;/h10-11,14,17-18H,5-9,12-13,15-16H2,1-4H3,(H2,21,22,23);1H. The number of rotatable bonds is 9. The number of hydrogen-bond acceptors (Lipinski definition) is 4. The van der Waals surface area contributed by atoms with Crippen molar-refractivity contribution >= 4 is 29.9 Å². The van der Waals surface area contributed by atoms with Crippen molar-refractivity contribution in [3.05, 3.63) is 24.2 Å². The number of likely N-dealkylation sites (tertiary alicyclic amines) is 1. The van der Waals surface area contributed by atoms with E-state index in [0.29, 0.717) is 6.04 Å². The Labute approximate surface area is 182 Å². The second-order valence-electron chi connectivity index (χ2n) is 7.03. The van der Waals surface area contributed by atoms with Gasteiger partial charge < -0.3 is 15.1 Å². The first kappa shape index (κ1) is 24.2. The van der Waals surface area contributed by atoms with E-state index < -0.39 is 0 Å². The van der Waals surface area contributed by atoms with Gasteiger partial charge in [-0.15, -0.1) is 24.0 Å². The van der Waals surface area contributed by atoms with Gasteiger partial charge in [0, 0.05) is 26.2 Å². The van der Waals surface area contributed by atoms with Crippen molar-refractivity contribution in [3.8, 4) is 0 Å². The Morgan fingerprint density at radius 1 is 1.19 bits per heavy atom. The lowest BCUT2D eigenvalue weighted by molar-refractivity contribution is 0.146. The fourth-order valence-corrected chi connectivity index (χ4v) is 3.75. The highest BCUT2D eigenvalue weighted by Gasteiger charge is 2.24. The number of nitrogens with zero attached hydrogens (tertiary/aromatic N) is 3. The molecule has 0 spiro atoms. The zero-order valence-electron chi connectivity index (χ0n) is 17.4. The van der Waals surface area contributed by atoms with Crippen LogP contribution in [-0.4, -0.2) is 68.1 Å². The predicted molar refractivity (Wildman–Crippen MR) is 124 cm³/mol. The molecule has 0 radical (unpaired) electrons. The van der Waals surface area contributed by atoms with E-state index >= 15 is 0 Å². The molecule has 2 N–H and O–H groups in total. The molecule has 0 amide bonds. The van der Waals surface area contributed by atoms with Crippen molar-refractivity contribution < 1.29 is 4.42 Å². The summed E-state index contributed by atoms with van der Waals surface area (Å²) in [6.45, 7) is 12.8. The van der Waals surface area contributed by atoms with Gasteiger partial charge in [-0.2, -0.15) is 0 Å². The van der Waals surface area contributed by atoms with Gasteiger partial charge in [0.2, 0.25) is 0 Å². The van der Waals surface area contributed by atoms with Crippen LogP contribution in [0.3, 0.4) is 0 Å². The van der Waals surface area contributed by atoms with Crippen LogP contribution in [0, 0.1) is 0 Å². The summed E-state index contributed by atoms with van der Waals surface area (Å²) >= 11 is 0. The van der Waals surface area contributed by atoms with E-state index in [-0.39, 0.29) is 30.0 Å². The van der Waals surface area contributed by atoms with E-state index in [1.165, 1.54) is 19.3 Å². The molecule has 1 fully saturated rings. The molecule has 1 aliphatic rings. The molecule has 2 heterocycles. The molecule has 1 aromatic rings. The average Bonchev–Trinajstić information content (AvgIpc) is 3.20. The summed E-state index contributed by atoms with van der Waals surface area (Å²) in [5.74, 6) is 1.89. The number of aliphatic imine (C=N–C) groups is 1. The van der Waals surface area contributed by atoms with Crippen LogP contribution in [-0.2, 0) is 0 Å². The molecule has 1 aromatic heterocycles. The molecule has 7 heteroatoms. The zero-order valence-corrected chi connectivity index (χ0v) is 19.7. The lowest BCUT2D eigenvalue weighted by Crippen LogP contribution is -2.48. The van der Waals surface area contributed by atoms with Crippen LogP contribution in [0.25, 0.3) is 0 Å². The topological polar surface area (TPSA) is 56.0 Å². The SMILES string of the molecule is CCN(CC)C(C)CNC(=NC)NCC(c1ccco1)N1CCCCC1.I. The van der Waals surface area contributed by atoms with Crippen molar-refractivity contribution in [2.75, 3.05) is 46.3 Å². The first-order valence-corrected chi connectivity index (χ1v) is 10.2. The number of nitrogens with one attached hydrogen (secondary N) is 2. The lowest BCUT2D eigenvalue weighted by atomic mass is 10.1. The molecule has 0 aromatic carbocycles. The largest absolute Gasteiger partial charge is 0.468 e. The van der Waals surface area contributed by atoms with Gasteiger partial charge in [-0.25, -0.2) is 0 Å². The van der Waals surface area contributed by atoms with Crippen LogP contribution in [0.4, 0.5) is 0 Å². The summed E-state index contributed by atoms with van der Waals surface area (Å²) in [5, 5.41) is 6.97. The van der Waals surface area contributed by atoms with Gasteiger partial charge in [-0.1, -0.05) is 20.3 Å². The second kappa shape index (κ2) is 13.4. The summed E-state index contributed by atoms with van der Waals surface area (Å²) in [7, 11) is 1.83. The van der Waals surface area contributed by atoms with Crippen LogP contribution in [0.2, 0.25) is 0 Å². The van der Waals surface area contributed by atoms with E-state index in [1.807, 2.05) is 13.1 Å². The minimum Gasteiger partial charge on any atom is -0.468 e. The van der Waals surface area contributed by atoms with Crippen LogP contribution >= 0.6 is 24.0 Å². The monoisotopic (exact) mass is 491 g/mol. The highest BCUT2D eigenvalue weighted by atomic mass is 127. The quantitative estimate of drug-likeness (QED) is 0.316. The molecule has 2 atom stereocenters. The Balaban J connectivity index is 0.00000364. The molecule has 2 unspecified atom stereocenters. The first-order chi connectivity index (χ1) is 12.7. The Morgan fingerprint density at radius 2 is 1.85 bits per heavy atom. The molecule has 1 aliphatic heterocycles. The number of furan rings is 1. The highest BCUT2D eigenvalue weighted by Crippen LogP contribution is 2.24. The van der Waals surface area contributed by atoms with Gasteiger partial charge in [0.1, 0.15) is 5.76 Å². The maximum absolute atomic E-state index is 5.72. The van der Waals surface area contributed by atoms with E-state index in [0.717, 1.165) is 51.0 Å². The van der Waals surface area contributed by atoms with Gasteiger partial charge in [-0.05, 0) is 58.1 Å². The lowest BCUT2D eigenvalue weighted by Gasteiger charge is -2.34. The Hall–Kier alpha value is -0.800. The number of likely N-dealkylation sites (N-methyl/N-ethyl adjacent to an activating group) is 1. The maximum Gasteiger partial charge on any atom is 0.191 e. The molecule has 0 aliphatic carbocycles. The molecular weight excluding hydrogens is 453 g/mol. The maximum atomic E-state index is 5.72. The van der Waals surface area contributed by atoms with Gasteiger partial charge in [-0.3, -0.25) is 14.8 Å². The number of hydrogen-bond donors (Lipinski definition) is 2. The van der Waals surface area contributed by atoms with E-state index in [1.54, 1.807) is 6.26 Å². The summed E-state index contributed by atoms with van der Waals surface area (Å²) < 4.78 is 5.72.